The highest BCUT2D eigenvalue weighted by atomic mass is 32.2. The summed E-state index contributed by atoms with van der Waals surface area (Å²) in [6, 6.07) is 0. The Kier molecular flexibility index (Phi) is 6.68. The molecular weight excluding hydrogens is 280 g/mol. The average Bonchev–Trinajstić information content (AvgIpc) is 2.48. The number of nitrogens with one attached hydrogen (secondary N) is 1. The molecule has 2 fully saturated rings. The molecule has 0 spiro atoms. The van der Waals surface area contributed by atoms with Crippen molar-refractivity contribution in [3.63, 3.8) is 0 Å². The Bertz CT molecular complexity index is 345. The van der Waals surface area contributed by atoms with Crippen molar-refractivity contribution in [3.05, 3.63) is 0 Å². The van der Waals surface area contributed by atoms with Crippen molar-refractivity contribution in [2.45, 2.75) is 31.9 Å². The molecule has 0 aliphatic carbocycles. The molecule has 0 bridgehead atoms. The second-order valence-electron chi connectivity index (χ2n) is 6.80. The van der Waals surface area contributed by atoms with E-state index in [4.69, 9.17) is 0 Å². The van der Waals surface area contributed by atoms with Gasteiger partial charge >= 0.3 is 0 Å². The Morgan fingerprint density at radius 2 is 2.14 bits per heavy atom. The molecule has 0 aromatic heterocycles. The number of hydrogen-bond donors (Lipinski definition) is 1. The Balaban J connectivity index is 1.82. The number of hydrogen-bond acceptors (Lipinski definition) is 3. The van der Waals surface area contributed by atoms with Crippen LogP contribution in [0, 0.1) is 11.8 Å². The molecule has 0 aromatic carbocycles. The Morgan fingerprint density at radius 1 is 1.33 bits per heavy atom. The summed E-state index contributed by atoms with van der Waals surface area (Å²) < 4.78 is 0. The first-order chi connectivity index (χ1) is 10.1. The zero-order chi connectivity index (χ0) is 15.2. The zero-order valence-corrected chi connectivity index (χ0v) is 15.0. The molecule has 2 aliphatic heterocycles. The lowest BCUT2D eigenvalue weighted by molar-refractivity contribution is 0.209. The van der Waals surface area contributed by atoms with Crippen LogP contribution in [-0.4, -0.2) is 73.6 Å². The lowest BCUT2D eigenvalue weighted by atomic mass is 9.98. The molecule has 2 aliphatic rings. The summed E-state index contributed by atoms with van der Waals surface area (Å²) >= 11 is 2.12. The van der Waals surface area contributed by atoms with Gasteiger partial charge in [-0.25, -0.2) is 0 Å². The van der Waals surface area contributed by atoms with Gasteiger partial charge < -0.3 is 15.1 Å². The van der Waals surface area contributed by atoms with E-state index >= 15 is 0 Å². The summed E-state index contributed by atoms with van der Waals surface area (Å²) in [5, 5.41) is 4.36. The van der Waals surface area contributed by atoms with Crippen LogP contribution in [0.15, 0.2) is 4.99 Å². The van der Waals surface area contributed by atoms with Gasteiger partial charge in [0.25, 0.3) is 0 Å². The van der Waals surface area contributed by atoms with Crippen LogP contribution in [-0.2, 0) is 0 Å². The number of piperidine rings is 1. The molecule has 4 nitrogen and oxygen atoms in total. The van der Waals surface area contributed by atoms with Crippen molar-refractivity contribution >= 4 is 17.7 Å². The van der Waals surface area contributed by atoms with Gasteiger partial charge in [-0.05, 0) is 38.3 Å². The minimum atomic E-state index is 0.734. The molecule has 0 amide bonds. The monoisotopic (exact) mass is 312 g/mol. The largest absolute Gasteiger partial charge is 0.356 e. The smallest absolute Gasteiger partial charge is 0.193 e. The average molecular weight is 313 g/mol. The highest BCUT2D eigenvalue weighted by molar-refractivity contribution is 8.00. The van der Waals surface area contributed by atoms with Gasteiger partial charge in [-0.15, -0.1) is 0 Å². The summed E-state index contributed by atoms with van der Waals surface area (Å²) in [6.45, 7) is 10.4. The maximum Gasteiger partial charge on any atom is 0.193 e. The Morgan fingerprint density at radius 3 is 2.81 bits per heavy atom. The number of rotatable bonds is 3. The van der Waals surface area contributed by atoms with Crippen molar-refractivity contribution in [3.8, 4) is 0 Å². The number of thioether (sulfide) groups is 1. The predicted molar refractivity (Wildman–Crippen MR) is 94.2 cm³/mol. The molecule has 2 saturated heterocycles. The van der Waals surface area contributed by atoms with E-state index in [1.807, 2.05) is 7.05 Å². The molecule has 21 heavy (non-hydrogen) atoms. The van der Waals surface area contributed by atoms with Gasteiger partial charge in [0.2, 0.25) is 0 Å². The maximum atomic E-state index is 4.52. The molecule has 122 valence electrons. The molecule has 2 heterocycles. The fourth-order valence-electron chi connectivity index (χ4n) is 3.28. The first-order valence-electron chi connectivity index (χ1n) is 8.36. The van der Waals surface area contributed by atoms with E-state index in [-0.39, 0.29) is 0 Å². The fraction of sp³-hybridized carbons (Fsp3) is 0.938. The van der Waals surface area contributed by atoms with Crippen molar-refractivity contribution in [1.29, 1.82) is 0 Å². The molecule has 1 N–H and O–H groups in total. The zero-order valence-electron chi connectivity index (χ0n) is 14.1. The number of guanidine groups is 1. The van der Waals surface area contributed by atoms with Crippen LogP contribution in [0.4, 0.5) is 0 Å². The fourth-order valence-corrected chi connectivity index (χ4v) is 4.58. The molecule has 0 saturated carbocycles. The van der Waals surface area contributed by atoms with Gasteiger partial charge in [0.05, 0.1) is 0 Å². The number of nitrogens with zero attached hydrogens (tertiary/aromatic N) is 3. The van der Waals surface area contributed by atoms with Crippen LogP contribution in [0.5, 0.6) is 0 Å². The van der Waals surface area contributed by atoms with Gasteiger partial charge in [-0.1, -0.05) is 13.8 Å². The van der Waals surface area contributed by atoms with E-state index in [1.165, 1.54) is 31.7 Å². The van der Waals surface area contributed by atoms with Crippen molar-refractivity contribution < 1.29 is 0 Å². The molecule has 2 unspecified atom stereocenters. The van der Waals surface area contributed by atoms with Gasteiger partial charge in [0, 0.05) is 44.2 Å². The normalized spacial score (nSPS) is 29.0. The molecule has 2 atom stereocenters. The minimum Gasteiger partial charge on any atom is -0.356 e. The summed E-state index contributed by atoms with van der Waals surface area (Å²) in [7, 11) is 4.15. The quantitative estimate of drug-likeness (QED) is 0.638. The van der Waals surface area contributed by atoms with Crippen molar-refractivity contribution in [2.24, 2.45) is 16.8 Å². The van der Waals surface area contributed by atoms with E-state index in [9.17, 15) is 0 Å². The minimum absolute atomic E-state index is 0.734. The molecule has 2 rings (SSSR count). The first kappa shape index (κ1) is 16.9. The highest BCUT2D eigenvalue weighted by Gasteiger charge is 2.25. The van der Waals surface area contributed by atoms with Gasteiger partial charge in [-0.3, -0.25) is 4.99 Å². The molecule has 5 heteroatoms. The third-order valence-corrected chi connectivity index (χ3v) is 6.16. The second kappa shape index (κ2) is 8.28. The third kappa shape index (κ3) is 5.06. The lowest BCUT2D eigenvalue weighted by Gasteiger charge is -2.37. The summed E-state index contributed by atoms with van der Waals surface area (Å²) in [6.07, 6.45) is 2.68. The molecule has 0 radical (unpaired) electrons. The summed E-state index contributed by atoms with van der Waals surface area (Å²) in [4.78, 5) is 9.42. The van der Waals surface area contributed by atoms with Crippen molar-refractivity contribution in [2.75, 3.05) is 52.6 Å². The van der Waals surface area contributed by atoms with E-state index < -0.39 is 0 Å². The topological polar surface area (TPSA) is 30.9 Å². The first-order valence-corrected chi connectivity index (χ1v) is 9.40. The van der Waals surface area contributed by atoms with Crippen LogP contribution in [0.25, 0.3) is 0 Å². The maximum absolute atomic E-state index is 4.52. The molecular formula is C16H32N4S. The van der Waals surface area contributed by atoms with Gasteiger partial charge in [0.15, 0.2) is 5.96 Å². The van der Waals surface area contributed by atoms with Gasteiger partial charge in [-0.2, -0.15) is 11.8 Å². The second-order valence-corrected chi connectivity index (χ2v) is 8.14. The number of aliphatic imine (C=N–C) groups is 1. The van der Waals surface area contributed by atoms with E-state index in [1.54, 1.807) is 0 Å². The highest BCUT2D eigenvalue weighted by Crippen LogP contribution is 2.25. The van der Waals surface area contributed by atoms with Crippen LogP contribution in [0.3, 0.4) is 0 Å². The standard InChI is InChI=1S/C16H32N4S/c1-13(2)15-12-20(8-9-21-15)16(17-3)18-10-14-6-5-7-19(4)11-14/h13-15H,5-12H2,1-4H3,(H,17,18). The third-order valence-electron chi connectivity index (χ3n) is 4.62. The van der Waals surface area contributed by atoms with Crippen molar-refractivity contribution in [1.82, 2.24) is 15.1 Å². The van der Waals surface area contributed by atoms with E-state index in [0.29, 0.717) is 0 Å². The lowest BCUT2D eigenvalue weighted by Crippen LogP contribution is -2.50. The van der Waals surface area contributed by atoms with E-state index in [0.717, 1.165) is 42.7 Å². The predicted octanol–water partition coefficient (Wildman–Crippen LogP) is 1.98. The van der Waals surface area contributed by atoms with Crippen LogP contribution in [0.2, 0.25) is 0 Å². The van der Waals surface area contributed by atoms with Crippen LogP contribution >= 0.6 is 11.8 Å². The van der Waals surface area contributed by atoms with Crippen LogP contribution in [0.1, 0.15) is 26.7 Å². The number of likely N-dealkylation sites (tertiary alicyclic amines) is 1. The van der Waals surface area contributed by atoms with Gasteiger partial charge in [0.1, 0.15) is 0 Å². The Labute approximate surface area is 134 Å². The molecule has 0 aromatic rings. The Hall–Kier alpha value is -0.420. The summed E-state index contributed by atoms with van der Waals surface area (Å²) in [5.74, 6) is 3.83. The SMILES string of the molecule is CN=C(NCC1CCCN(C)C1)N1CCSC(C(C)C)C1. The van der Waals surface area contributed by atoms with Crippen LogP contribution < -0.4 is 5.32 Å². The van der Waals surface area contributed by atoms with E-state index in [2.05, 4.69) is 52.8 Å². The summed E-state index contributed by atoms with van der Waals surface area (Å²) in [5.41, 5.74) is 0.